The topological polar surface area (TPSA) is 117 Å². The second kappa shape index (κ2) is 10.5. The van der Waals surface area contributed by atoms with E-state index in [-0.39, 0.29) is 40.9 Å². The highest BCUT2D eigenvalue weighted by molar-refractivity contribution is 6.16. The van der Waals surface area contributed by atoms with Gasteiger partial charge in [0.1, 0.15) is 24.2 Å². The lowest BCUT2D eigenvalue weighted by atomic mass is 9.80. The summed E-state index contributed by atoms with van der Waals surface area (Å²) in [7, 11) is 1.76. The number of anilines is 1. The zero-order valence-electron chi connectivity index (χ0n) is 27.1. The first-order valence-corrected chi connectivity index (χ1v) is 16.7. The van der Waals surface area contributed by atoms with Crippen LogP contribution in [0.2, 0.25) is 0 Å². The van der Waals surface area contributed by atoms with Crippen LogP contribution in [0, 0.1) is 6.92 Å². The number of carbonyl (C=O) groups is 1. The van der Waals surface area contributed by atoms with Crippen LogP contribution in [0.5, 0.6) is 6.01 Å². The van der Waals surface area contributed by atoms with Crippen LogP contribution >= 0.6 is 0 Å². The largest absolute Gasteiger partial charge is 0.461 e. The molecule has 15 heteroatoms. The minimum atomic E-state index is -4.66. The molecular formula is C34H35F4N9O2. The van der Waals surface area contributed by atoms with E-state index in [1.807, 2.05) is 0 Å². The third kappa shape index (κ3) is 4.60. The number of β-lactam (4-membered cyclic amide) rings is 1. The number of benzene rings is 1. The number of aromatic amines is 1. The number of ether oxygens (including phenoxy) is 1. The van der Waals surface area contributed by atoms with Crippen LogP contribution < -0.4 is 15.0 Å². The van der Waals surface area contributed by atoms with E-state index in [1.165, 1.54) is 25.4 Å². The van der Waals surface area contributed by atoms with Gasteiger partial charge < -0.3 is 19.5 Å². The molecule has 1 unspecified atom stereocenters. The molecule has 0 saturated carbocycles. The molecule has 256 valence electrons. The summed E-state index contributed by atoms with van der Waals surface area (Å²) >= 11 is 0. The summed E-state index contributed by atoms with van der Waals surface area (Å²) in [5.74, 6) is 0.583. The average Bonchev–Trinajstić information content (AvgIpc) is 3.80. The molecule has 4 aliphatic rings. The number of nitrogens with one attached hydrogen (secondary N) is 2. The molecule has 5 aromatic rings. The van der Waals surface area contributed by atoms with E-state index in [9.17, 15) is 22.4 Å². The van der Waals surface area contributed by atoms with E-state index >= 15 is 0 Å². The minimum Gasteiger partial charge on any atom is -0.461 e. The van der Waals surface area contributed by atoms with Crippen molar-refractivity contribution in [1.29, 1.82) is 0 Å². The van der Waals surface area contributed by atoms with Gasteiger partial charge in [-0.05, 0) is 56.8 Å². The number of aromatic nitrogens is 6. The van der Waals surface area contributed by atoms with E-state index in [2.05, 4.69) is 30.3 Å². The Bertz CT molecular complexity index is 2170. The monoisotopic (exact) mass is 677 g/mol. The lowest BCUT2D eigenvalue weighted by molar-refractivity contribution is -0.137. The zero-order valence-corrected chi connectivity index (χ0v) is 27.1. The summed E-state index contributed by atoms with van der Waals surface area (Å²) in [6.45, 7) is 4.05. The van der Waals surface area contributed by atoms with Gasteiger partial charge in [0.15, 0.2) is 0 Å². The molecule has 0 aliphatic carbocycles. The van der Waals surface area contributed by atoms with Gasteiger partial charge in [0, 0.05) is 55.6 Å². The van der Waals surface area contributed by atoms with Crippen LogP contribution in [0.25, 0.3) is 44.1 Å². The number of pyridine rings is 1. The van der Waals surface area contributed by atoms with Gasteiger partial charge in [-0.25, -0.2) is 4.39 Å². The Hall–Kier alpha value is -4.53. The number of halogens is 4. The van der Waals surface area contributed by atoms with Crippen LogP contribution in [-0.4, -0.2) is 90.6 Å². The Kier molecular flexibility index (Phi) is 6.53. The fourth-order valence-corrected chi connectivity index (χ4v) is 9.11. The Morgan fingerprint density at radius 1 is 1.14 bits per heavy atom. The number of amides is 1. The van der Waals surface area contributed by atoms with Gasteiger partial charge in [-0.1, -0.05) is 0 Å². The zero-order chi connectivity index (χ0) is 33.9. The van der Waals surface area contributed by atoms with Crippen molar-refractivity contribution in [3.8, 4) is 17.3 Å². The minimum absolute atomic E-state index is 0.00636. The molecule has 9 rings (SSSR count). The van der Waals surface area contributed by atoms with Gasteiger partial charge in [0.05, 0.1) is 51.4 Å². The Balaban J connectivity index is 1.25. The average molecular weight is 678 g/mol. The van der Waals surface area contributed by atoms with E-state index in [0.717, 1.165) is 32.2 Å². The fraction of sp³-hybridized carbons (Fsp3) is 0.500. The summed E-state index contributed by atoms with van der Waals surface area (Å²) < 4.78 is 67.1. The number of rotatable bonds is 5. The Labute approximate surface area is 278 Å². The van der Waals surface area contributed by atoms with Crippen LogP contribution in [0.3, 0.4) is 0 Å². The second-order valence-corrected chi connectivity index (χ2v) is 14.3. The number of fused-ring (bicyclic) bond motifs is 5. The lowest BCUT2D eigenvalue weighted by Gasteiger charge is -2.49. The second-order valence-electron chi connectivity index (χ2n) is 14.3. The van der Waals surface area contributed by atoms with E-state index < -0.39 is 23.5 Å². The normalized spacial score (nSPS) is 25.9. The van der Waals surface area contributed by atoms with Crippen molar-refractivity contribution in [2.24, 2.45) is 7.05 Å². The summed E-state index contributed by atoms with van der Waals surface area (Å²) in [5.41, 5.74) is -0.0192. The maximum atomic E-state index is 14.8. The smallest absolute Gasteiger partial charge is 0.417 e. The molecular weight excluding hydrogens is 642 g/mol. The summed E-state index contributed by atoms with van der Waals surface area (Å²) in [4.78, 5) is 30.8. The highest BCUT2D eigenvalue weighted by atomic mass is 19.4. The predicted molar refractivity (Wildman–Crippen MR) is 174 cm³/mol. The molecule has 2 N–H and O–H groups in total. The fourth-order valence-electron chi connectivity index (χ4n) is 9.11. The number of carbonyl (C=O) groups excluding carboxylic acids is 1. The molecule has 4 aromatic heterocycles. The standard InChI is InChI=1S/C34H35F4N9O2/c1-18-11-22-21(14-40-44-22)24(26(18)34(36,37)38)27-28-20(5-8-39-27)25-29(45(28)2)41-31(49-17-33-7-4-10-47(33)15-19(35)12-33)42-30(25)46-9-3-6-32(16-46)13-23(48)43-32/h5,8,11,14,19H,3-4,6-7,9-10,12-13,15-17H2,1-2H3,(H,40,44)(H,43,48)/t19-,32?,33+/m1/s1. The molecule has 1 amide bonds. The SMILES string of the molecule is Cc1cc2[nH]ncc2c(-c2nccc3c4c(N5CCCC6(CC(=O)N6)C5)nc(OC[C@@]56CCCN5C[C@H](F)C6)nc4n(C)c23)c1C(F)(F)F. The van der Waals surface area contributed by atoms with Gasteiger partial charge in [0.2, 0.25) is 5.91 Å². The van der Waals surface area contributed by atoms with Crippen LogP contribution in [0.15, 0.2) is 24.5 Å². The van der Waals surface area contributed by atoms with E-state index in [0.29, 0.717) is 71.1 Å². The van der Waals surface area contributed by atoms with Gasteiger partial charge in [-0.3, -0.25) is 19.8 Å². The number of hydrogen-bond acceptors (Lipinski definition) is 8. The summed E-state index contributed by atoms with van der Waals surface area (Å²) in [6.07, 6.45) is 1.58. The van der Waals surface area contributed by atoms with Crippen LogP contribution in [0.4, 0.5) is 23.4 Å². The first-order chi connectivity index (χ1) is 23.5. The molecule has 3 atom stereocenters. The maximum absolute atomic E-state index is 14.8. The molecule has 8 heterocycles. The summed E-state index contributed by atoms with van der Waals surface area (Å²) in [5, 5.41) is 11.6. The Morgan fingerprint density at radius 2 is 1.96 bits per heavy atom. The number of alkyl halides is 4. The Morgan fingerprint density at radius 3 is 2.76 bits per heavy atom. The molecule has 0 bridgehead atoms. The molecule has 1 spiro atoms. The quantitative estimate of drug-likeness (QED) is 0.193. The molecule has 4 saturated heterocycles. The van der Waals surface area contributed by atoms with Crippen molar-refractivity contribution in [1.82, 2.24) is 39.9 Å². The first-order valence-electron chi connectivity index (χ1n) is 16.7. The van der Waals surface area contributed by atoms with E-state index in [1.54, 1.807) is 17.7 Å². The van der Waals surface area contributed by atoms with Crippen LogP contribution in [0.1, 0.15) is 49.7 Å². The molecule has 4 aliphatic heterocycles. The van der Waals surface area contributed by atoms with Gasteiger partial charge in [-0.2, -0.15) is 28.2 Å². The molecule has 4 fully saturated rings. The van der Waals surface area contributed by atoms with Crippen molar-refractivity contribution in [2.45, 2.75) is 68.9 Å². The maximum Gasteiger partial charge on any atom is 0.417 e. The molecule has 49 heavy (non-hydrogen) atoms. The third-order valence-corrected chi connectivity index (χ3v) is 11.2. The highest BCUT2D eigenvalue weighted by Gasteiger charge is 2.50. The van der Waals surface area contributed by atoms with Crippen molar-refractivity contribution in [3.63, 3.8) is 0 Å². The van der Waals surface area contributed by atoms with Gasteiger partial charge in [-0.15, -0.1) is 0 Å². The lowest BCUT2D eigenvalue weighted by Crippen LogP contribution is -2.68. The molecule has 0 radical (unpaired) electrons. The highest BCUT2D eigenvalue weighted by Crippen LogP contribution is 2.47. The number of piperidine rings is 1. The van der Waals surface area contributed by atoms with Gasteiger partial charge in [0.25, 0.3) is 0 Å². The summed E-state index contributed by atoms with van der Waals surface area (Å²) in [6, 6.07) is 3.35. The molecule has 11 nitrogen and oxygen atoms in total. The first kappa shape index (κ1) is 30.5. The molecule has 1 aromatic carbocycles. The number of aryl methyl sites for hydroxylation is 2. The van der Waals surface area contributed by atoms with Crippen LogP contribution in [-0.2, 0) is 18.0 Å². The van der Waals surface area contributed by atoms with Crippen molar-refractivity contribution >= 4 is 44.6 Å². The number of hydrogen-bond donors (Lipinski definition) is 2. The van der Waals surface area contributed by atoms with Crippen molar-refractivity contribution in [2.75, 3.05) is 37.7 Å². The van der Waals surface area contributed by atoms with E-state index in [4.69, 9.17) is 14.7 Å². The van der Waals surface area contributed by atoms with Gasteiger partial charge >= 0.3 is 12.2 Å². The third-order valence-electron chi connectivity index (χ3n) is 11.2. The number of nitrogens with zero attached hydrogens (tertiary/aromatic N) is 7. The van der Waals surface area contributed by atoms with Crippen molar-refractivity contribution in [3.05, 3.63) is 35.7 Å². The number of H-pyrrole nitrogens is 1. The predicted octanol–water partition coefficient (Wildman–Crippen LogP) is 5.20. The van der Waals surface area contributed by atoms with Crippen molar-refractivity contribution < 1.29 is 27.1 Å².